The summed E-state index contributed by atoms with van der Waals surface area (Å²) in [4.78, 5) is 0. The van der Waals surface area contributed by atoms with Crippen molar-refractivity contribution in [1.82, 2.24) is 0 Å². The van der Waals surface area contributed by atoms with Gasteiger partial charge in [0.05, 0.1) is 5.69 Å². The number of hydrogen-bond acceptors (Lipinski definition) is 3. The number of nitrogen functional groups attached to an aromatic ring is 1. The summed E-state index contributed by atoms with van der Waals surface area (Å²) in [5, 5.41) is 0. The van der Waals surface area contributed by atoms with E-state index in [1.807, 2.05) is 60.7 Å². The molecule has 0 unspecified atom stereocenters. The van der Waals surface area contributed by atoms with E-state index < -0.39 is 0 Å². The summed E-state index contributed by atoms with van der Waals surface area (Å²) in [6.07, 6.45) is 4.47. The van der Waals surface area contributed by atoms with Crippen LogP contribution < -0.4 is 16.2 Å². The second kappa shape index (κ2) is 12.6. The van der Waals surface area contributed by atoms with Crippen molar-refractivity contribution in [2.24, 2.45) is 5.73 Å². The maximum Gasteiger partial charge on any atom is 0.142 e. The van der Waals surface area contributed by atoms with Crippen molar-refractivity contribution in [3.63, 3.8) is 0 Å². The minimum absolute atomic E-state index is 0.555. The number of ether oxygens (including phenoxy) is 1. The Balaban J connectivity index is 0.000000261. The first-order chi connectivity index (χ1) is 13.7. The second-order valence-electron chi connectivity index (χ2n) is 6.77. The minimum atomic E-state index is 0.555. The molecule has 0 aliphatic carbocycles. The van der Waals surface area contributed by atoms with Gasteiger partial charge in [0.25, 0.3) is 0 Å². The molecular weight excluding hydrogens is 344 g/mol. The molecule has 3 aromatic rings. The highest BCUT2D eigenvalue weighted by Gasteiger charge is 2.02. The number of hydrogen-bond donors (Lipinski definition) is 2. The van der Waals surface area contributed by atoms with Gasteiger partial charge in [-0.1, -0.05) is 80.1 Å². The molecule has 0 aliphatic heterocycles. The van der Waals surface area contributed by atoms with Gasteiger partial charge >= 0.3 is 0 Å². The van der Waals surface area contributed by atoms with Crippen molar-refractivity contribution in [3.05, 3.63) is 95.6 Å². The van der Waals surface area contributed by atoms with Gasteiger partial charge in [0.15, 0.2) is 0 Å². The standard InChI is InChI=1S/C17H21NO.C8H11N/c1-2-3-7-14-10-11-17(16(18)12-14)19-13-15-8-5-4-6-9-15;9-7-6-8-4-2-1-3-5-8/h4-6,8-12H,2-3,7,13,18H2,1H3;1-5H,6-7,9H2. The molecule has 0 heterocycles. The summed E-state index contributed by atoms with van der Waals surface area (Å²) in [6.45, 7) is 3.49. The zero-order valence-corrected chi connectivity index (χ0v) is 16.8. The zero-order valence-electron chi connectivity index (χ0n) is 16.8. The maximum atomic E-state index is 6.03. The third-order valence-corrected chi connectivity index (χ3v) is 4.41. The lowest BCUT2D eigenvalue weighted by Gasteiger charge is -2.10. The topological polar surface area (TPSA) is 61.3 Å². The van der Waals surface area contributed by atoms with E-state index in [0.717, 1.165) is 36.4 Å². The Bertz CT molecular complexity index is 788. The van der Waals surface area contributed by atoms with Crippen LogP contribution in [-0.4, -0.2) is 6.54 Å². The summed E-state index contributed by atoms with van der Waals surface area (Å²) in [6, 6.07) is 26.5. The molecule has 3 aromatic carbocycles. The normalized spacial score (nSPS) is 10.1. The number of aryl methyl sites for hydroxylation is 1. The van der Waals surface area contributed by atoms with E-state index in [2.05, 4.69) is 25.1 Å². The lowest BCUT2D eigenvalue weighted by molar-refractivity contribution is 0.308. The first kappa shape index (κ1) is 21.5. The first-order valence-electron chi connectivity index (χ1n) is 10.0. The van der Waals surface area contributed by atoms with Crippen LogP contribution in [0.3, 0.4) is 0 Å². The Morgan fingerprint density at radius 1 is 0.750 bits per heavy atom. The largest absolute Gasteiger partial charge is 0.487 e. The van der Waals surface area contributed by atoms with Gasteiger partial charge in [-0.2, -0.15) is 0 Å². The van der Waals surface area contributed by atoms with E-state index in [4.69, 9.17) is 16.2 Å². The molecular formula is C25H32N2O. The third-order valence-electron chi connectivity index (χ3n) is 4.41. The SMILES string of the molecule is CCCCc1ccc(OCc2ccccc2)c(N)c1.NCCc1ccccc1. The van der Waals surface area contributed by atoms with Crippen molar-refractivity contribution < 1.29 is 4.74 Å². The van der Waals surface area contributed by atoms with Gasteiger partial charge in [0, 0.05) is 0 Å². The van der Waals surface area contributed by atoms with E-state index >= 15 is 0 Å². The predicted molar refractivity (Wildman–Crippen MR) is 119 cm³/mol. The van der Waals surface area contributed by atoms with Gasteiger partial charge in [-0.3, -0.25) is 0 Å². The summed E-state index contributed by atoms with van der Waals surface area (Å²) in [5.41, 5.74) is 15.9. The number of rotatable bonds is 8. The zero-order chi connectivity index (χ0) is 20.0. The number of unbranched alkanes of at least 4 members (excludes halogenated alkanes) is 1. The number of nitrogens with two attached hydrogens (primary N) is 2. The van der Waals surface area contributed by atoms with Crippen LogP contribution in [0, 0.1) is 0 Å². The Labute approximate surface area is 169 Å². The summed E-state index contributed by atoms with van der Waals surface area (Å²) < 4.78 is 5.76. The smallest absolute Gasteiger partial charge is 0.142 e. The number of benzene rings is 3. The second-order valence-corrected chi connectivity index (χ2v) is 6.77. The van der Waals surface area contributed by atoms with Crippen molar-refractivity contribution in [2.75, 3.05) is 12.3 Å². The lowest BCUT2D eigenvalue weighted by Crippen LogP contribution is -2.01. The van der Waals surface area contributed by atoms with Crippen molar-refractivity contribution in [2.45, 2.75) is 39.2 Å². The van der Waals surface area contributed by atoms with Crippen molar-refractivity contribution >= 4 is 5.69 Å². The molecule has 0 atom stereocenters. The molecule has 0 saturated carbocycles. The van der Waals surface area contributed by atoms with E-state index in [1.54, 1.807) is 0 Å². The van der Waals surface area contributed by atoms with Crippen LogP contribution in [0.2, 0.25) is 0 Å². The van der Waals surface area contributed by atoms with Crippen LogP contribution in [-0.2, 0) is 19.4 Å². The summed E-state index contributed by atoms with van der Waals surface area (Å²) >= 11 is 0. The fraction of sp³-hybridized carbons (Fsp3) is 0.280. The minimum Gasteiger partial charge on any atom is -0.487 e. The van der Waals surface area contributed by atoms with Crippen LogP contribution in [0.25, 0.3) is 0 Å². The van der Waals surface area contributed by atoms with E-state index in [9.17, 15) is 0 Å². The predicted octanol–water partition coefficient (Wildman–Crippen LogP) is 5.38. The van der Waals surface area contributed by atoms with Crippen molar-refractivity contribution in [3.8, 4) is 5.75 Å². The average molecular weight is 377 g/mol. The molecule has 148 valence electrons. The molecule has 0 fully saturated rings. The fourth-order valence-electron chi connectivity index (χ4n) is 2.81. The van der Waals surface area contributed by atoms with Crippen molar-refractivity contribution in [1.29, 1.82) is 0 Å². The van der Waals surface area contributed by atoms with Gasteiger partial charge < -0.3 is 16.2 Å². The highest BCUT2D eigenvalue weighted by Crippen LogP contribution is 2.24. The molecule has 3 rings (SSSR count). The van der Waals surface area contributed by atoms with Gasteiger partial charge in [0.1, 0.15) is 12.4 Å². The van der Waals surface area contributed by atoms with Gasteiger partial charge in [-0.15, -0.1) is 0 Å². The quantitative estimate of drug-likeness (QED) is 0.519. The van der Waals surface area contributed by atoms with E-state index in [1.165, 1.54) is 24.0 Å². The molecule has 28 heavy (non-hydrogen) atoms. The van der Waals surface area contributed by atoms with Gasteiger partial charge in [-0.05, 0) is 54.6 Å². The van der Waals surface area contributed by atoms with Crippen LogP contribution in [0.1, 0.15) is 36.5 Å². The molecule has 0 saturated heterocycles. The highest BCUT2D eigenvalue weighted by molar-refractivity contribution is 5.54. The lowest BCUT2D eigenvalue weighted by atomic mass is 10.1. The first-order valence-corrected chi connectivity index (χ1v) is 10.0. The van der Waals surface area contributed by atoms with Crippen LogP contribution in [0.15, 0.2) is 78.9 Å². The Morgan fingerprint density at radius 3 is 1.96 bits per heavy atom. The molecule has 0 spiro atoms. The molecule has 3 nitrogen and oxygen atoms in total. The Hall–Kier alpha value is -2.78. The molecule has 0 aromatic heterocycles. The highest BCUT2D eigenvalue weighted by atomic mass is 16.5. The van der Waals surface area contributed by atoms with Crippen LogP contribution in [0.5, 0.6) is 5.75 Å². The molecule has 0 radical (unpaired) electrons. The molecule has 4 N–H and O–H groups in total. The van der Waals surface area contributed by atoms with Gasteiger partial charge in [-0.25, -0.2) is 0 Å². The van der Waals surface area contributed by atoms with Crippen LogP contribution in [0.4, 0.5) is 5.69 Å². The maximum absolute atomic E-state index is 6.03. The average Bonchev–Trinajstić information content (AvgIpc) is 2.74. The molecule has 0 amide bonds. The van der Waals surface area contributed by atoms with E-state index in [0.29, 0.717) is 6.61 Å². The van der Waals surface area contributed by atoms with Crippen LogP contribution >= 0.6 is 0 Å². The molecule has 3 heteroatoms. The number of anilines is 1. The van der Waals surface area contributed by atoms with E-state index in [-0.39, 0.29) is 0 Å². The fourth-order valence-corrected chi connectivity index (χ4v) is 2.81. The molecule has 0 bridgehead atoms. The third kappa shape index (κ3) is 7.85. The molecule has 0 aliphatic rings. The summed E-state index contributed by atoms with van der Waals surface area (Å²) in [5.74, 6) is 0.768. The monoisotopic (exact) mass is 376 g/mol. The Morgan fingerprint density at radius 2 is 1.39 bits per heavy atom. The van der Waals surface area contributed by atoms with Gasteiger partial charge in [0.2, 0.25) is 0 Å². The Kier molecular flexibility index (Phi) is 9.67. The summed E-state index contributed by atoms with van der Waals surface area (Å²) in [7, 11) is 0.